The van der Waals surface area contributed by atoms with Crippen LogP contribution in [0.3, 0.4) is 0 Å². The van der Waals surface area contributed by atoms with Crippen LogP contribution in [0.15, 0.2) is 29.2 Å². The molecule has 1 aromatic rings. The monoisotopic (exact) mass is 509 g/mol. The molecule has 0 spiro atoms. The van der Waals surface area contributed by atoms with E-state index in [-0.39, 0.29) is 22.0 Å². The Balaban J connectivity index is -0.000000747. The van der Waals surface area contributed by atoms with E-state index in [1.165, 1.54) is 57.4 Å². The van der Waals surface area contributed by atoms with Crippen LogP contribution in [0.2, 0.25) is 0 Å². The standard InChI is InChI=1S/C18H30O3S.2C2H8N2.Cu/c1-2-3-4-5-6-7-8-9-10-11-14-17-15-12-13-16-18(17)22(19,20)21;2*3-1-2-4;/h12-13,15-16H,2-11,14H2,1H3,(H,19,20,21);2*1-4H2;. The molecule has 0 aromatic heterocycles. The van der Waals surface area contributed by atoms with Crippen molar-refractivity contribution in [3.63, 3.8) is 0 Å². The molecule has 0 heterocycles. The summed E-state index contributed by atoms with van der Waals surface area (Å²) >= 11 is 0. The third-order valence-electron chi connectivity index (χ3n) is 4.38. The molecule has 0 aliphatic carbocycles. The van der Waals surface area contributed by atoms with Crippen molar-refractivity contribution in [2.24, 2.45) is 22.9 Å². The van der Waals surface area contributed by atoms with Crippen molar-refractivity contribution in [3.05, 3.63) is 29.8 Å². The van der Waals surface area contributed by atoms with Gasteiger partial charge < -0.3 is 22.9 Å². The van der Waals surface area contributed by atoms with Crippen molar-refractivity contribution >= 4 is 10.1 Å². The van der Waals surface area contributed by atoms with Crippen LogP contribution in [0.1, 0.15) is 76.7 Å². The van der Waals surface area contributed by atoms with Crippen LogP contribution in [0.4, 0.5) is 0 Å². The molecule has 0 bridgehead atoms. The number of rotatable bonds is 14. The quantitative estimate of drug-likeness (QED) is 0.146. The van der Waals surface area contributed by atoms with Crippen LogP contribution in [0.5, 0.6) is 0 Å². The summed E-state index contributed by atoms with van der Waals surface area (Å²) in [5, 5.41) is 0. The van der Waals surface area contributed by atoms with Crippen molar-refractivity contribution in [2.75, 3.05) is 26.2 Å². The predicted octanol–water partition coefficient (Wildman–Crippen LogP) is 3.20. The van der Waals surface area contributed by atoms with E-state index in [9.17, 15) is 13.0 Å². The minimum Gasteiger partial charge on any atom is -0.329 e. The van der Waals surface area contributed by atoms with Gasteiger partial charge in [0, 0.05) is 43.2 Å². The first-order valence-corrected chi connectivity index (χ1v) is 12.7. The first kappa shape index (κ1) is 35.1. The maximum atomic E-state index is 11.3. The van der Waals surface area contributed by atoms with Gasteiger partial charge in [0.25, 0.3) is 10.1 Å². The van der Waals surface area contributed by atoms with E-state index in [2.05, 4.69) is 6.92 Å². The summed E-state index contributed by atoms with van der Waals surface area (Å²) in [6, 6.07) is 6.73. The number of benzene rings is 1. The number of hydrogen-bond donors (Lipinski definition) is 5. The summed E-state index contributed by atoms with van der Waals surface area (Å²) in [4.78, 5) is 0.0610. The minimum absolute atomic E-state index is 0. The molecule has 9 N–H and O–H groups in total. The molecule has 0 atom stereocenters. The molecule has 0 aliphatic heterocycles. The molecule has 0 unspecified atom stereocenters. The fourth-order valence-electron chi connectivity index (χ4n) is 2.76. The van der Waals surface area contributed by atoms with Crippen molar-refractivity contribution in [1.29, 1.82) is 0 Å². The second-order valence-corrected chi connectivity index (χ2v) is 8.56. The molecule has 9 heteroatoms. The largest absolute Gasteiger partial charge is 0.329 e. The summed E-state index contributed by atoms with van der Waals surface area (Å²) in [6.45, 7) is 4.63. The fraction of sp³-hybridized carbons (Fsp3) is 0.727. The summed E-state index contributed by atoms with van der Waals surface area (Å²) in [5.74, 6) is 0. The van der Waals surface area contributed by atoms with Crippen LogP contribution in [0.25, 0.3) is 0 Å². The van der Waals surface area contributed by atoms with Gasteiger partial charge >= 0.3 is 0 Å². The van der Waals surface area contributed by atoms with E-state index in [1.54, 1.807) is 12.1 Å². The minimum atomic E-state index is -4.10. The molecule has 0 aliphatic rings. The Bertz CT molecular complexity index is 582. The molecule has 189 valence electrons. The predicted molar refractivity (Wildman–Crippen MR) is 128 cm³/mol. The second kappa shape index (κ2) is 25.7. The average molecular weight is 510 g/mol. The Hall–Kier alpha value is -0.511. The SMILES string of the molecule is CCCCCCCCCCCCc1ccccc1S(=O)(=O)O.NCCN.NCCN.[Cu]. The third kappa shape index (κ3) is 24.0. The fourth-order valence-corrected chi connectivity index (χ4v) is 3.52. The molecule has 1 aromatic carbocycles. The molecule has 0 saturated carbocycles. The van der Waals surface area contributed by atoms with E-state index in [0.717, 1.165) is 18.4 Å². The van der Waals surface area contributed by atoms with Crippen LogP contribution >= 0.6 is 0 Å². The first-order chi connectivity index (χ1) is 14.4. The Morgan fingerprint density at radius 3 is 1.48 bits per heavy atom. The number of nitrogens with two attached hydrogens (primary N) is 4. The Labute approximate surface area is 201 Å². The second-order valence-electron chi connectivity index (χ2n) is 7.17. The number of hydrogen-bond acceptors (Lipinski definition) is 6. The van der Waals surface area contributed by atoms with Gasteiger partial charge in [0.1, 0.15) is 0 Å². The van der Waals surface area contributed by atoms with Gasteiger partial charge in [0.15, 0.2) is 0 Å². The van der Waals surface area contributed by atoms with Crippen molar-refractivity contribution in [2.45, 2.75) is 82.4 Å². The van der Waals surface area contributed by atoms with Gasteiger partial charge in [-0.05, 0) is 24.5 Å². The van der Waals surface area contributed by atoms with Crippen molar-refractivity contribution in [3.8, 4) is 0 Å². The molecule has 7 nitrogen and oxygen atoms in total. The molecule has 0 saturated heterocycles. The van der Waals surface area contributed by atoms with Crippen LogP contribution in [-0.2, 0) is 33.6 Å². The molecule has 1 rings (SSSR count). The van der Waals surface area contributed by atoms with Crippen LogP contribution in [0, 0.1) is 0 Å². The van der Waals surface area contributed by atoms with Crippen molar-refractivity contribution < 1.29 is 30.0 Å². The van der Waals surface area contributed by atoms with Gasteiger partial charge in [0.2, 0.25) is 0 Å². The van der Waals surface area contributed by atoms with E-state index < -0.39 is 10.1 Å². The van der Waals surface area contributed by atoms with Crippen LogP contribution in [-0.4, -0.2) is 39.1 Å². The van der Waals surface area contributed by atoms with Gasteiger partial charge in [-0.15, -0.1) is 0 Å². The zero-order valence-corrected chi connectivity index (χ0v) is 21.0. The Morgan fingerprint density at radius 2 is 1.10 bits per heavy atom. The topological polar surface area (TPSA) is 158 Å². The number of unbranched alkanes of at least 4 members (excludes halogenated alkanes) is 9. The summed E-state index contributed by atoms with van der Waals surface area (Å²) in [5.41, 5.74) is 20.3. The van der Waals surface area contributed by atoms with E-state index in [4.69, 9.17) is 22.9 Å². The number of aryl methyl sites for hydroxylation is 1. The van der Waals surface area contributed by atoms with Gasteiger partial charge in [0.05, 0.1) is 4.90 Å². The molecular formula is C22H46CuN4O3S. The molecule has 0 amide bonds. The van der Waals surface area contributed by atoms with Crippen molar-refractivity contribution in [1.82, 2.24) is 0 Å². The summed E-state index contributed by atoms with van der Waals surface area (Å²) in [7, 11) is -4.10. The molecule has 31 heavy (non-hydrogen) atoms. The van der Waals surface area contributed by atoms with E-state index in [1.807, 2.05) is 6.07 Å². The molecular weight excluding hydrogens is 464 g/mol. The smallest absolute Gasteiger partial charge is 0.294 e. The van der Waals surface area contributed by atoms with E-state index >= 15 is 0 Å². The van der Waals surface area contributed by atoms with Gasteiger partial charge in [-0.3, -0.25) is 4.55 Å². The maximum Gasteiger partial charge on any atom is 0.294 e. The zero-order valence-electron chi connectivity index (χ0n) is 19.2. The van der Waals surface area contributed by atoms with Gasteiger partial charge in [-0.25, -0.2) is 0 Å². The normalized spacial score (nSPS) is 10.3. The zero-order chi connectivity index (χ0) is 23.1. The Morgan fingerprint density at radius 1 is 0.710 bits per heavy atom. The van der Waals surface area contributed by atoms with E-state index in [0.29, 0.717) is 32.6 Å². The summed E-state index contributed by atoms with van der Waals surface area (Å²) < 4.78 is 31.8. The molecule has 0 fully saturated rings. The van der Waals surface area contributed by atoms with Gasteiger partial charge in [-0.2, -0.15) is 8.42 Å². The van der Waals surface area contributed by atoms with Crippen LogP contribution < -0.4 is 22.9 Å². The first-order valence-electron chi connectivity index (χ1n) is 11.2. The average Bonchev–Trinajstić information content (AvgIpc) is 2.75. The Kier molecular flexibility index (Phi) is 29.1. The summed E-state index contributed by atoms with van der Waals surface area (Å²) in [6.07, 6.45) is 13.3. The third-order valence-corrected chi connectivity index (χ3v) is 5.34. The molecule has 1 radical (unpaired) electrons. The maximum absolute atomic E-state index is 11.3. The van der Waals surface area contributed by atoms with Gasteiger partial charge in [-0.1, -0.05) is 82.9 Å².